The van der Waals surface area contributed by atoms with E-state index >= 15 is 0 Å². The number of carboxylic acid groups (broad SMARTS) is 1. The molecule has 2 heterocycles. The third-order valence-corrected chi connectivity index (χ3v) is 6.03. The van der Waals surface area contributed by atoms with Gasteiger partial charge in [0.05, 0.1) is 6.54 Å². The van der Waals surface area contributed by atoms with Crippen LogP contribution in [-0.2, 0) is 11.8 Å². The lowest BCUT2D eigenvalue weighted by molar-refractivity contribution is -0.138. The lowest BCUT2D eigenvalue weighted by Gasteiger charge is -2.16. The Hall–Kier alpha value is -3.09. The third-order valence-electron chi connectivity index (χ3n) is 5.12. The summed E-state index contributed by atoms with van der Waals surface area (Å²) in [6.07, 6.45) is 2.07. The number of hydrogen-bond donors (Lipinski definition) is 1. The van der Waals surface area contributed by atoms with Gasteiger partial charge in [0.25, 0.3) is 0 Å². The minimum absolute atomic E-state index is 0.00170. The van der Waals surface area contributed by atoms with Gasteiger partial charge in [-0.25, -0.2) is 0 Å². The van der Waals surface area contributed by atoms with Crippen molar-refractivity contribution in [3.05, 3.63) is 66.2 Å². The lowest BCUT2D eigenvalue weighted by Crippen LogP contribution is -2.29. The van der Waals surface area contributed by atoms with E-state index in [1.54, 1.807) is 23.3 Å². The standard InChI is InChI=1S/C24H24N2O3S/c1-25(16-24(27)28)11-12-29-22-8-7-18(14-20(22)23-4-3-13-30-23)19-6-5-17-9-10-26(2)21(17)15-19/h3-10,13-15H,11-12,16H2,1-2H3,(H,27,28). The molecule has 0 amide bonds. The number of aryl methyl sites for hydroxylation is 1. The summed E-state index contributed by atoms with van der Waals surface area (Å²) < 4.78 is 8.18. The largest absolute Gasteiger partial charge is 0.492 e. The van der Waals surface area contributed by atoms with E-state index in [-0.39, 0.29) is 6.54 Å². The highest BCUT2D eigenvalue weighted by Crippen LogP contribution is 2.37. The molecule has 5 nitrogen and oxygen atoms in total. The van der Waals surface area contributed by atoms with Gasteiger partial charge in [0.15, 0.2) is 0 Å². The van der Waals surface area contributed by atoms with Crippen LogP contribution in [0.3, 0.4) is 0 Å². The van der Waals surface area contributed by atoms with E-state index in [1.807, 2.05) is 12.1 Å². The summed E-state index contributed by atoms with van der Waals surface area (Å²) in [5.41, 5.74) is 4.55. The van der Waals surface area contributed by atoms with Crippen molar-refractivity contribution in [1.29, 1.82) is 0 Å². The molecule has 2 aromatic heterocycles. The second-order valence-electron chi connectivity index (χ2n) is 7.37. The smallest absolute Gasteiger partial charge is 0.317 e. The Labute approximate surface area is 179 Å². The zero-order chi connectivity index (χ0) is 21.1. The summed E-state index contributed by atoms with van der Waals surface area (Å²) in [6, 6.07) is 19.0. The molecule has 6 heteroatoms. The van der Waals surface area contributed by atoms with Crippen molar-refractivity contribution in [3.8, 4) is 27.3 Å². The van der Waals surface area contributed by atoms with E-state index < -0.39 is 5.97 Å². The molecule has 0 saturated carbocycles. The molecule has 4 rings (SSSR count). The highest BCUT2D eigenvalue weighted by Gasteiger charge is 2.12. The number of thiophene rings is 1. The van der Waals surface area contributed by atoms with Crippen molar-refractivity contribution in [1.82, 2.24) is 9.47 Å². The average molecular weight is 421 g/mol. The van der Waals surface area contributed by atoms with Gasteiger partial charge in [0.2, 0.25) is 0 Å². The molecule has 154 valence electrons. The Morgan fingerprint density at radius 3 is 2.70 bits per heavy atom. The Morgan fingerprint density at radius 2 is 1.93 bits per heavy atom. The molecule has 0 unspecified atom stereocenters. The maximum Gasteiger partial charge on any atom is 0.317 e. The second-order valence-corrected chi connectivity index (χ2v) is 8.32. The van der Waals surface area contributed by atoms with Crippen LogP contribution >= 0.6 is 11.3 Å². The van der Waals surface area contributed by atoms with Gasteiger partial charge in [-0.1, -0.05) is 24.3 Å². The summed E-state index contributed by atoms with van der Waals surface area (Å²) in [4.78, 5) is 13.7. The van der Waals surface area contributed by atoms with Crippen LogP contribution in [0.15, 0.2) is 66.2 Å². The summed E-state index contributed by atoms with van der Waals surface area (Å²) in [6.45, 7) is 0.973. The van der Waals surface area contributed by atoms with E-state index in [0.717, 1.165) is 27.3 Å². The topological polar surface area (TPSA) is 54.7 Å². The number of hydrogen-bond acceptors (Lipinski definition) is 4. The molecule has 30 heavy (non-hydrogen) atoms. The number of aromatic nitrogens is 1. The van der Waals surface area contributed by atoms with Crippen LogP contribution in [-0.4, -0.2) is 47.3 Å². The normalized spacial score (nSPS) is 11.3. The maximum atomic E-state index is 10.8. The van der Waals surface area contributed by atoms with Crippen LogP contribution < -0.4 is 4.74 Å². The molecular formula is C24H24N2O3S. The molecule has 2 aromatic carbocycles. The molecule has 0 radical (unpaired) electrons. The van der Waals surface area contributed by atoms with E-state index in [0.29, 0.717) is 13.2 Å². The minimum Gasteiger partial charge on any atom is -0.492 e. The van der Waals surface area contributed by atoms with Gasteiger partial charge in [-0.15, -0.1) is 11.3 Å². The molecule has 0 aliphatic rings. The number of rotatable bonds is 8. The fourth-order valence-electron chi connectivity index (χ4n) is 3.52. The van der Waals surface area contributed by atoms with Gasteiger partial charge in [-0.3, -0.25) is 9.69 Å². The van der Waals surface area contributed by atoms with Crippen LogP contribution in [0, 0.1) is 0 Å². The maximum absolute atomic E-state index is 10.8. The van der Waals surface area contributed by atoms with Gasteiger partial charge >= 0.3 is 5.97 Å². The van der Waals surface area contributed by atoms with Crippen molar-refractivity contribution in [2.24, 2.45) is 7.05 Å². The first-order valence-electron chi connectivity index (χ1n) is 9.78. The Bertz CT molecular complexity index is 1160. The van der Waals surface area contributed by atoms with Crippen LogP contribution in [0.5, 0.6) is 5.75 Å². The highest BCUT2D eigenvalue weighted by molar-refractivity contribution is 7.13. The predicted molar refractivity (Wildman–Crippen MR) is 122 cm³/mol. The minimum atomic E-state index is -0.837. The zero-order valence-electron chi connectivity index (χ0n) is 17.0. The van der Waals surface area contributed by atoms with Crippen molar-refractivity contribution >= 4 is 28.2 Å². The van der Waals surface area contributed by atoms with Crippen LogP contribution in [0.2, 0.25) is 0 Å². The SMILES string of the molecule is CN(CCOc1ccc(-c2ccc3ccn(C)c3c2)cc1-c1cccs1)CC(=O)O. The number of benzene rings is 2. The molecule has 0 bridgehead atoms. The molecule has 0 aliphatic heterocycles. The van der Waals surface area contributed by atoms with E-state index in [2.05, 4.69) is 65.7 Å². The molecule has 0 atom stereocenters. The number of carboxylic acids is 1. The molecular weight excluding hydrogens is 396 g/mol. The van der Waals surface area contributed by atoms with E-state index in [1.165, 1.54) is 10.9 Å². The number of aliphatic carboxylic acids is 1. The summed E-state index contributed by atoms with van der Waals surface area (Å²) in [7, 11) is 3.84. The number of likely N-dealkylation sites (N-methyl/N-ethyl adjacent to an activating group) is 1. The fourth-order valence-corrected chi connectivity index (χ4v) is 4.27. The molecule has 4 aromatic rings. The highest BCUT2D eigenvalue weighted by atomic mass is 32.1. The molecule has 0 spiro atoms. The number of ether oxygens (including phenoxy) is 1. The fraction of sp³-hybridized carbons (Fsp3) is 0.208. The van der Waals surface area contributed by atoms with Gasteiger partial charge < -0.3 is 14.4 Å². The summed E-state index contributed by atoms with van der Waals surface area (Å²) in [5, 5.41) is 12.2. The molecule has 1 N–H and O–H groups in total. The van der Waals surface area contributed by atoms with Gasteiger partial charge in [-0.05, 0) is 59.3 Å². The van der Waals surface area contributed by atoms with Gasteiger partial charge in [-0.2, -0.15) is 0 Å². The Morgan fingerprint density at radius 1 is 1.13 bits per heavy atom. The van der Waals surface area contributed by atoms with Crippen molar-refractivity contribution < 1.29 is 14.6 Å². The predicted octanol–water partition coefficient (Wildman–Crippen LogP) is 4.97. The van der Waals surface area contributed by atoms with Crippen molar-refractivity contribution in [3.63, 3.8) is 0 Å². The average Bonchev–Trinajstić information content (AvgIpc) is 3.38. The molecule has 0 saturated heterocycles. The number of carbonyl (C=O) groups is 1. The Balaban J connectivity index is 1.61. The number of fused-ring (bicyclic) bond motifs is 1. The zero-order valence-corrected chi connectivity index (χ0v) is 17.9. The summed E-state index contributed by atoms with van der Waals surface area (Å²) in [5.74, 6) is -0.0267. The van der Waals surface area contributed by atoms with Crippen molar-refractivity contribution in [2.75, 3.05) is 26.7 Å². The quantitative estimate of drug-likeness (QED) is 0.437. The first-order chi connectivity index (χ1) is 14.5. The first-order valence-corrected chi connectivity index (χ1v) is 10.7. The monoisotopic (exact) mass is 420 g/mol. The Kier molecular flexibility index (Phi) is 5.88. The third kappa shape index (κ3) is 4.40. The van der Waals surface area contributed by atoms with Crippen LogP contribution in [0.1, 0.15) is 0 Å². The first kappa shape index (κ1) is 20.2. The van der Waals surface area contributed by atoms with E-state index in [9.17, 15) is 4.79 Å². The van der Waals surface area contributed by atoms with Gasteiger partial charge in [0, 0.05) is 35.7 Å². The second kappa shape index (κ2) is 8.73. The van der Waals surface area contributed by atoms with Crippen LogP contribution in [0.4, 0.5) is 0 Å². The van der Waals surface area contributed by atoms with Crippen LogP contribution in [0.25, 0.3) is 32.5 Å². The molecule has 0 aliphatic carbocycles. The van der Waals surface area contributed by atoms with E-state index in [4.69, 9.17) is 9.84 Å². The number of nitrogens with zero attached hydrogens (tertiary/aromatic N) is 2. The molecule has 0 fully saturated rings. The van der Waals surface area contributed by atoms with Crippen molar-refractivity contribution in [2.45, 2.75) is 0 Å². The summed E-state index contributed by atoms with van der Waals surface area (Å²) >= 11 is 1.68. The van der Waals surface area contributed by atoms with Gasteiger partial charge in [0.1, 0.15) is 12.4 Å². The lowest BCUT2D eigenvalue weighted by atomic mass is 10.0.